The zero-order valence-corrected chi connectivity index (χ0v) is 13.7. The van der Waals surface area contributed by atoms with Gasteiger partial charge >= 0.3 is 0 Å². The van der Waals surface area contributed by atoms with Crippen molar-refractivity contribution in [1.82, 2.24) is 5.43 Å². The summed E-state index contributed by atoms with van der Waals surface area (Å²) in [4.78, 5) is 14.3. The van der Waals surface area contributed by atoms with Gasteiger partial charge in [-0.2, -0.15) is 5.10 Å². The van der Waals surface area contributed by atoms with E-state index in [-0.39, 0.29) is 17.2 Å². The molecule has 0 unspecified atom stereocenters. The Labute approximate surface area is 132 Å². The number of hydrazone groups is 1. The van der Waals surface area contributed by atoms with E-state index in [1.54, 1.807) is 6.21 Å². The number of rotatable bonds is 4. The molecule has 0 aliphatic heterocycles. The van der Waals surface area contributed by atoms with Crippen LogP contribution in [0.25, 0.3) is 0 Å². The van der Waals surface area contributed by atoms with Gasteiger partial charge in [-0.25, -0.2) is 5.43 Å². The summed E-state index contributed by atoms with van der Waals surface area (Å²) < 4.78 is 0. The molecule has 1 amide bonds. The van der Waals surface area contributed by atoms with Gasteiger partial charge in [0, 0.05) is 25.7 Å². The molecule has 4 heteroatoms. The standard InChI is InChI=1S/C18H25N3O/c1-18-11-5-4-6-15(18)16(18)17(22)20-19-12-13-7-9-14(10-8-13)21(2)3/h7-10,12,15-16H,4-6,11H2,1-3H3,(H,20,22)/b19-12-/t15-,16-,18+/m0/s1. The Morgan fingerprint density at radius 2 is 2.05 bits per heavy atom. The van der Waals surface area contributed by atoms with Crippen LogP contribution in [-0.2, 0) is 4.79 Å². The summed E-state index contributed by atoms with van der Waals surface area (Å²) in [6.45, 7) is 2.25. The highest BCUT2D eigenvalue weighted by Gasteiger charge is 2.64. The maximum Gasteiger partial charge on any atom is 0.244 e. The van der Waals surface area contributed by atoms with Crippen molar-refractivity contribution >= 4 is 17.8 Å². The highest BCUT2D eigenvalue weighted by molar-refractivity contribution is 5.86. The molecule has 3 rings (SSSR count). The fourth-order valence-corrected chi connectivity index (χ4v) is 3.95. The number of carbonyl (C=O) groups is 1. The molecule has 0 saturated heterocycles. The lowest BCUT2D eigenvalue weighted by Gasteiger charge is -2.15. The van der Waals surface area contributed by atoms with Crippen molar-refractivity contribution in [2.24, 2.45) is 22.4 Å². The van der Waals surface area contributed by atoms with Crippen LogP contribution in [0.15, 0.2) is 29.4 Å². The summed E-state index contributed by atoms with van der Waals surface area (Å²) in [5.41, 5.74) is 5.11. The summed E-state index contributed by atoms with van der Waals surface area (Å²) in [7, 11) is 4.03. The summed E-state index contributed by atoms with van der Waals surface area (Å²) in [5.74, 6) is 0.842. The van der Waals surface area contributed by atoms with Gasteiger partial charge in [0.25, 0.3) is 0 Å². The number of benzene rings is 1. The van der Waals surface area contributed by atoms with Crippen molar-refractivity contribution in [3.8, 4) is 0 Å². The van der Waals surface area contributed by atoms with Gasteiger partial charge < -0.3 is 4.90 Å². The van der Waals surface area contributed by atoms with E-state index in [4.69, 9.17) is 0 Å². The molecule has 2 saturated carbocycles. The number of anilines is 1. The summed E-state index contributed by atoms with van der Waals surface area (Å²) in [6.07, 6.45) is 6.63. The first kappa shape index (κ1) is 15.1. The molecule has 1 aromatic carbocycles. The zero-order chi connectivity index (χ0) is 15.7. The van der Waals surface area contributed by atoms with Gasteiger partial charge in [0.15, 0.2) is 0 Å². The first-order chi connectivity index (χ1) is 10.5. The van der Waals surface area contributed by atoms with Gasteiger partial charge in [-0.05, 0) is 41.9 Å². The molecular formula is C18H25N3O. The molecule has 0 bridgehead atoms. The molecule has 2 aliphatic rings. The van der Waals surface area contributed by atoms with E-state index in [9.17, 15) is 4.79 Å². The molecule has 0 heterocycles. The quantitative estimate of drug-likeness (QED) is 0.686. The van der Waals surface area contributed by atoms with Crippen LogP contribution in [0.1, 0.15) is 38.2 Å². The minimum Gasteiger partial charge on any atom is -0.378 e. The second-order valence-electron chi connectivity index (χ2n) is 7.06. The van der Waals surface area contributed by atoms with Crippen molar-refractivity contribution in [2.45, 2.75) is 32.6 Å². The first-order valence-corrected chi connectivity index (χ1v) is 8.13. The minimum atomic E-state index is 0.0931. The molecule has 0 radical (unpaired) electrons. The van der Waals surface area contributed by atoms with E-state index in [2.05, 4.69) is 22.4 Å². The Balaban J connectivity index is 1.55. The van der Waals surface area contributed by atoms with Gasteiger partial charge in [0.2, 0.25) is 5.91 Å². The van der Waals surface area contributed by atoms with Crippen LogP contribution < -0.4 is 10.3 Å². The van der Waals surface area contributed by atoms with Gasteiger partial charge in [0.05, 0.1) is 6.21 Å². The number of nitrogens with zero attached hydrogens (tertiary/aromatic N) is 2. The molecule has 0 spiro atoms. The number of hydrogen-bond donors (Lipinski definition) is 1. The molecule has 1 N–H and O–H groups in total. The van der Waals surface area contributed by atoms with Crippen molar-refractivity contribution in [3.05, 3.63) is 29.8 Å². The Kier molecular flexibility index (Phi) is 3.94. The van der Waals surface area contributed by atoms with Gasteiger partial charge in [-0.3, -0.25) is 4.79 Å². The van der Waals surface area contributed by atoms with Crippen LogP contribution in [0.4, 0.5) is 5.69 Å². The van der Waals surface area contributed by atoms with E-state index in [0.717, 1.165) is 11.3 Å². The lowest BCUT2D eigenvalue weighted by Crippen LogP contribution is -2.22. The number of fused-ring (bicyclic) bond motifs is 1. The SMILES string of the molecule is CN(C)c1ccc(/C=N\NC(=O)[C@@H]2[C@@H]3CCCC[C@@]23C)cc1. The smallest absolute Gasteiger partial charge is 0.244 e. The Bertz CT molecular complexity index is 578. The van der Waals surface area contributed by atoms with Crippen molar-refractivity contribution < 1.29 is 4.79 Å². The predicted molar refractivity (Wildman–Crippen MR) is 90.1 cm³/mol. The highest BCUT2D eigenvalue weighted by atomic mass is 16.2. The number of hydrogen-bond acceptors (Lipinski definition) is 3. The third-order valence-corrected chi connectivity index (χ3v) is 5.41. The third kappa shape index (κ3) is 2.74. The largest absolute Gasteiger partial charge is 0.378 e. The predicted octanol–water partition coefficient (Wildman–Crippen LogP) is 3.03. The van der Waals surface area contributed by atoms with Crippen molar-refractivity contribution in [1.29, 1.82) is 0 Å². The molecular weight excluding hydrogens is 274 g/mol. The van der Waals surface area contributed by atoms with Gasteiger partial charge in [-0.1, -0.05) is 31.9 Å². The number of carbonyl (C=O) groups excluding carboxylic acids is 1. The van der Waals surface area contributed by atoms with Crippen LogP contribution >= 0.6 is 0 Å². The molecule has 4 nitrogen and oxygen atoms in total. The van der Waals surface area contributed by atoms with Crippen molar-refractivity contribution in [2.75, 3.05) is 19.0 Å². The second-order valence-corrected chi connectivity index (χ2v) is 7.06. The first-order valence-electron chi connectivity index (χ1n) is 8.13. The van der Waals surface area contributed by atoms with E-state index in [1.165, 1.54) is 25.7 Å². The number of nitrogens with one attached hydrogen (secondary N) is 1. The van der Waals surface area contributed by atoms with Crippen LogP contribution in [0.3, 0.4) is 0 Å². The normalized spacial score (nSPS) is 30.0. The summed E-state index contributed by atoms with van der Waals surface area (Å²) in [5, 5.41) is 4.13. The minimum absolute atomic E-state index is 0.0931. The summed E-state index contributed by atoms with van der Waals surface area (Å²) >= 11 is 0. The van der Waals surface area contributed by atoms with Crippen molar-refractivity contribution in [3.63, 3.8) is 0 Å². The van der Waals surface area contributed by atoms with Crippen LogP contribution in [0.2, 0.25) is 0 Å². The molecule has 1 aromatic rings. The van der Waals surface area contributed by atoms with Crippen LogP contribution in [0, 0.1) is 17.3 Å². The highest BCUT2D eigenvalue weighted by Crippen LogP contribution is 2.66. The van der Waals surface area contributed by atoms with E-state index < -0.39 is 0 Å². The van der Waals surface area contributed by atoms with Crippen LogP contribution in [0.5, 0.6) is 0 Å². The van der Waals surface area contributed by atoms with E-state index >= 15 is 0 Å². The van der Waals surface area contributed by atoms with Crippen LogP contribution in [-0.4, -0.2) is 26.2 Å². The van der Waals surface area contributed by atoms with E-state index in [0.29, 0.717) is 5.92 Å². The van der Waals surface area contributed by atoms with Gasteiger partial charge in [0.1, 0.15) is 0 Å². The molecule has 22 heavy (non-hydrogen) atoms. The lowest BCUT2D eigenvalue weighted by atomic mass is 9.90. The average molecular weight is 299 g/mol. The second kappa shape index (κ2) is 5.75. The number of amides is 1. The summed E-state index contributed by atoms with van der Waals surface area (Å²) in [6, 6.07) is 8.09. The molecule has 2 aliphatic carbocycles. The molecule has 118 valence electrons. The fourth-order valence-electron chi connectivity index (χ4n) is 3.95. The Hall–Kier alpha value is -1.84. The third-order valence-electron chi connectivity index (χ3n) is 5.41. The molecule has 0 aromatic heterocycles. The maximum absolute atomic E-state index is 12.3. The van der Waals surface area contributed by atoms with E-state index in [1.807, 2.05) is 38.4 Å². The lowest BCUT2D eigenvalue weighted by molar-refractivity contribution is -0.123. The Morgan fingerprint density at radius 3 is 2.64 bits per heavy atom. The average Bonchev–Trinajstić information content (AvgIpc) is 3.13. The zero-order valence-electron chi connectivity index (χ0n) is 13.7. The maximum atomic E-state index is 12.3. The van der Waals surface area contributed by atoms with Gasteiger partial charge in [-0.15, -0.1) is 0 Å². The monoisotopic (exact) mass is 299 g/mol. The molecule has 2 fully saturated rings. The fraction of sp³-hybridized carbons (Fsp3) is 0.556. The Morgan fingerprint density at radius 1 is 1.32 bits per heavy atom. The molecule has 3 atom stereocenters. The topological polar surface area (TPSA) is 44.7 Å².